The monoisotopic (exact) mass is 410 g/mol. The molecule has 0 unspecified atom stereocenters. The van der Waals surface area contributed by atoms with Crippen molar-refractivity contribution >= 4 is 24.1 Å². The molecule has 2 saturated carbocycles. The number of allylic oxidation sites excluding steroid dienone is 1. The quantitative estimate of drug-likeness (QED) is 0.497. The number of anilines is 1. The Labute approximate surface area is 176 Å². The summed E-state index contributed by atoms with van der Waals surface area (Å²) in [5.41, 5.74) is 6.97. The molecule has 2 aliphatic carbocycles. The maximum absolute atomic E-state index is 14.9. The number of carbonyl (C=O) groups is 1. The van der Waals surface area contributed by atoms with Crippen LogP contribution in [0.5, 0.6) is 0 Å². The summed E-state index contributed by atoms with van der Waals surface area (Å²) in [6.07, 6.45) is 1.31. The van der Waals surface area contributed by atoms with Crippen LogP contribution in [0.2, 0.25) is 0 Å². The molecule has 0 spiro atoms. The first-order valence-electron chi connectivity index (χ1n) is 11.4. The van der Waals surface area contributed by atoms with Crippen molar-refractivity contribution in [2.75, 3.05) is 5.32 Å². The summed E-state index contributed by atoms with van der Waals surface area (Å²) in [7, 11) is 0. The number of carbonyl (C=O) groups excluding carboxylic acids is 1. The van der Waals surface area contributed by atoms with Gasteiger partial charge in [-0.2, -0.15) is 9.49 Å². The SMILES string of the molecule is Cl.[2H]C([2H])([2H])C([2H])([2H])c1[nH]nc(C)c1-c1ccc(NC(=O)C(N)=C(C2CC2)C2CC2)nc1F. The predicted octanol–water partition coefficient (Wildman–Crippen LogP) is 3.87. The molecule has 2 aliphatic rings. The number of nitrogens with two attached hydrogens (primary N) is 1. The minimum atomic E-state index is -3.00. The highest BCUT2D eigenvalue weighted by Crippen LogP contribution is 2.49. The molecule has 0 bridgehead atoms. The normalized spacial score (nSPS) is 19.3. The summed E-state index contributed by atoms with van der Waals surface area (Å²) in [5.74, 6) is -0.863. The number of hydrogen-bond donors (Lipinski definition) is 3. The van der Waals surface area contributed by atoms with Gasteiger partial charge in [0.15, 0.2) is 0 Å². The van der Waals surface area contributed by atoms with Crippen LogP contribution >= 0.6 is 12.4 Å². The van der Waals surface area contributed by atoms with Crippen molar-refractivity contribution < 1.29 is 16.0 Å². The van der Waals surface area contributed by atoms with Crippen LogP contribution in [0.25, 0.3) is 11.1 Å². The molecule has 0 aliphatic heterocycles. The Morgan fingerprint density at radius 3 is 2.64 bits per heavy atom. The Morgan fingerprint density at radius 1 is 1.39 bits per heavy atom. The van der Waals surface area contributed by atoms with E-state index in [1.54, 1.807) is 0 Å². The third kappa shape index (κ3) is 3.90. The van der Waals surface area contributed by atoms with Crippen LogP contribution in [0.4, 0.5) is 10.2 Å². The number of halogens is 2. The van der Waals surface area contributed by atoms with Crippen molar-refractivity contribution in [1.82, 2.24) is 15.2 Å². The van der Waals surface area contributed by atoms with Crippen molar-refractivity contribution in [3.05, 3.63) is 40.7 Å². The fourth-order valence-corrected chi connectivity index (χ4v) is 3.42. The van der Waals surface area contributed by atoms with E-state index < -0.39 is 25.1 Å². The van der Waals surface area contributed by atoms with Crippen LogP contribution in [0.1, 0.15) is 50.8 Å². The van der Waals surface area contributed by atoms with Crippen LogP contribution in [0, 0.1) is 24.7 Å². The van der Waals surface area contributed by atoms with E-state index in [9.17, 15) is 9.18 Å². The maximum Gasteiger partial charge on any atom is 0.272 e. The Bertz CT molecular complexity index is 1090. The van der Waals surface area contributed by atoms with Crippen LogP contribution in [-0.2, 0) is 11.2 Å². The van der Waals surface area contributed by atoms with Crippen molar-refractivity contribution in [2.45, 2.75) is 45.8 Å². The van der Waals surface area contributed by atoms with Gasteiger partial charge in [0, 0.05) is 23.7 Å². The summed E-state index contributed by atoms with van der Waals surface area (Å²) >= 11 is 0. The predicted molar refractivity (Wildman–Crippen MR) is 108 cm³/mol. The summed E-state index contributed by atoms with van der Waals surface area (Å²) < 4.78 is 53.4. The van der Waals surface area contributed by atoms with E-state index in [2.05, 4.69) is 20.5 Å². The van der Waals surface area contributed by atoms with Gasteiger partial charge < -0.3 is 11.1 Å². The lowest BCUT2D eigenvalue weighted by Crippen LogP contribution is -2.24. The lowest BCUT2D eigenvalue weighted by atomic mass is 10.0. The van der Waals surface area contributed by atoms with Gasteiger partial charge in [-0.05, 0) is 68.5 Å². The van der Waals surface area contributed by atoms with Crippen LogP contribution in [0.15, 0.2) is 23.4 Å². The fourth-order valence-electron chi connectivity index (χ4n) is 3.42. The third-order valence-corrected chi connectivity index (χ3v) is 5.02. The molecule has 4 N–H and O–H groups in total. The van der Waals surface area contributed by atoms with E-state index in [0.29, 0.717) is 11.8 Å². The number of nitrogens with one attached hydrogen (secondary N) is 2. The number of aromatic nitrogens is 3. The number of amides is 1. The maximum atomic E-state index is 14.9. The van der Waals surface area contributed by atoms with Gasteiger partial charge in [0.2, 0.25) is 5.95 Å². The molecule has 1 amide bonds. The van der Waals surface area contributed by atoms with Gasteiger partial charge >= 0.3 is 0 Å². The molecule has 2 aromatic rings. The second-order valence-corrected chi connectivity index (χ2v) is 7.09. The number of rotatable bonds is 6. The zero-order valence-corrected chi connectivity index (χ0v) is 16.1. The highest BCUT2D eigenvalue weighted by molar-refractivity contribution is 6.03. The minimum absolute atomic E-state index is 0. The van der Waals surface area contributed by atoms with E-state index >= 15 is 0 Å². The second-order valence-electron chi connectivity index (χ2n) is 7.09. The molecule has 4 rings (SSSR count). The van der Waals surface area contributed by atoms with Crippen LogP contribution < -0.4 is 11.1 Å². The molecule has 8 heteroatoms. The molecule has 6 nitrogen and oxygen atoms in total. The average Bonchev–Trinajstić information content (AvgIpc) is 3.62. The molecule has 0 atom stereocenters. The first-order valence-corrected chi connectivity index (χ1v) is 8.95. The van der Waals surface area contributed by atoms with Gasteiger partial charge in [-0.1, -0.05) is 6.85 Å². The number of pyridine rings is 1. The number of hydrogen-bond acceptors (Lipinski definition) is 4. The molecular formula is C20H25ClFN5O. The van der Waals surface area contributed by atoms with Gasteiger partial charge in [0.25, 0.3) is 5.91 Å². The molecule has 0 aromatic carbocycles. The van der Waals surface area contributed by atoms with E-state index in [0.717, 1.165) is 31.3 Å². The standard InChI is InChI=1S/C20H24FN5O.ClH/c1-3-14-16(10(2)25-26-14)13-8-9-15(23-19(13)21)24-20(27)18(22)17(11-4-5-11)12-6-7-12;/h8-9,11-12H,3-7,22H2,1-2H3,(H,25,26)(H,23,24,27);1H/i1D3,3D2;. The highest BCUT2D eigenvalue weighted by atomic mass is 35.5. The van der Waals surface area contributed by atoms with Gasteiger partial charge in [-0.15, -0.1) is 12.4 Å². The number of aromatic amines is 1. The number of H-pyrrole nitrogens is 1. The first-order chi connectivity index (χ1) is 14.9. The van der Waals surface area contributed by atoms with Crippen molar-refractivity contribution in [3.8, 4) is 11.1 Å². The lowest BCUT2D eigenvalue weighted by molar-refractivity contribution is -0.113. The minimum Gasteiger partial charge on any atom is -0.394 e. The van der Waals surface area contributed by atoms with Gasteiger partial charge in [-0.25, -0.2) is 4.98 Å². The Balaban J connectivity index is 0.00000306. The molecule has 2 aromatic heterocycles. The summed E-state index contributed by atoms with van der Waals surface area (Å²) in [4.78, 5) is 16.4. The number of aryl methyl sites for hydroxylation is 2. The van der Waals surface area contributed by atoms with Gasteiger partial charge in [0.1, 0.15) is 5.82 Å². The molecule has 2 heterocycles. The van der Waals surface area contributed by atoms with E-state index in [4.69, 9.17) is 12.6 Å². The molecule has 150 valence electrons. The lowest BCUT2D eigenvalue weighted by Gasteiger charge is -2.11. The third-order valence-electron chi connectivity index (χ3n) is 5.02. The summed E-state index contributed by atoms with van der Waals surface area (Å²) in [6, 6.07) is 2.66. The van der Waals surface area contributed by atoms with E-state index in [1.165, 1.54) is 19.1 Å². The largest absolute Gasteiger partial charge is 0.394 e. The molecule has 0 radical (unpaired) electrons. The smallest absolute Gasteiger partial charge is 0.272 e. The Hall–Kier alpha value is -2.41. The van der Waals surface area contributed by atoms with Gasteiger partial charge in [-0.3, -0.25) is 9.89 Å². The zero-order chi connectivity index (χ0) is 23.4. The fraction of sp³-hybridized carbons (Fsp3) is 0.450. The zero-order valence-electron chi connectivity index (χ0n) is 20.3. The molecule has 2 fully saturated rings. The molecular weight excluding hydrogens is 381 g/mol. The highest BCUT2D eigenvalue weighted by Gasteiger charge is 2.39. The van der Waals surface area contributed by atoms with Crippen LogP contribution in [0.3, 0.4) is 0 Å². The van der Waals surface area contributed by atoms with Crippen molar-refractivity contribution in [1.29, 1.82) is 0 Å². The topological polar surface area (TPSA) is 96.7 Å². The van der Waals surface area contributed by atoms with Crippen molar-refractivity contribution in [2.24, 2.45) is 17.6 Å². The van der Waals surface area contributed by atoms with E-state index in [1.807, 2.05) is 0 Å². The van der Waals surface area contributed by atoms with Gasteiger partial charge in [0.05, 0.1) is 11.4 Å². The van der Waals surface area contributed by atoms with Crippen LogP contribution in [-0.4, -0.2) is 21.1 Å². The summed E-state index contributed by atoms with van der Waals surface area (Å²) in [5, 5.41) is 8.78. The molecule has 0 saturated heterocycles. The summed E-state index contributed by atoms with van der Waals surface area (Å²) in [6.45, 7) is -1.49. The average molecular weight is 411 g/mol. The van der Waals surface area contributed by atoms with E-state index in [-0.39, 0.29) is 46.4 Å². The van der Waals surface area contributed by atoms with Crippen molar-refractivity contribution in [3.63, 3.8) is 0 Å². The second kappa shape index (κ2) is 7.91. The molecule has 28 heavy (non-hydrogen) atoms. The Morgan fingerprint density at radius 2 is 2.07 bits per heavy atom. The number of nitrogens with zero attached hydrogens (tertiary/aromatic N) is 2. The first kappa shape index (κ1) is 14.6. The Kier molecular flexibility index (Phi) is 4.12.